The molecule has 2 aromatic carbocycles. The van der Waals surface area contributed by atoms with Crippen molar-refractivity contribution in [3.8, 4) is 22.9 Å². The van der Waals surface area contributed by atoms with Crippen LogP contribution in [0.15, 0.2) is 36.4 Å². The van der Waals surface area contributed by atoms with Crippen molar-refractivity contribution >= 4 is 0 Å². The van der Waals surface area contributed by atoms with E-state index in [0.717, 1.165) is 30.6 Å². The van der Waals surface area contributed by atoms with Crippen LogP contribution in [0.2, 0.25) is 0 Å². The third-order valence-corrected chi connectivity index (χ3v) is 6.32. The molecule has 1 aliphatic heterocycles. The number of tetrazole rings is 1. The highest BCUT2D eigenvalue weighted by Crippen LogP contribution is 2.44. The standard InChI is InChI=1S/C24H28FN5O3/c1-24(2)12-15(13-24)14-26-22(18-6-4-16(25)10-20(18)31-3)23-27-28-29-30(23)17-5-7-19-21(11-17)33-9-8-32-19/h4-7,10-11,15,22,26H,8-9,12-14H2,1-3H3. The minimum atomic E-state index is -0.396. The van der Waals surface area contributed by atoms with E-state index in [1.54, 1.807) is 10.7 Å². The van der Waals surface area contributed by atoms with E-state index in [9.17, 15) is 4.39 Å². The number of hydrogen-bond acceptors (Lipinski definition) is 7. The summed E-state index contributed by atoms with van der Waals surface area (Å²) < 4.78 is 32.5. The minimum Gasteiger partial charge on any atom is -0.496 e. The summed E-state index contributed by atoms with van der Waals surface area (Å²) in [6.45, 7) is 6.38. The van der Waals surface area contributed by atoms with Crippen LogP contribution in [0.5, 0.6) is 17.2 Å². The van der Waals surface area contributed by atoms with Crippen molar-refractivity contribution in [1.82, 2.24) is 25.5 Å². The Bertz CT molecular complexity index is 1140. The number of nitrogens with one attached hydrogen (secondary N) is 1. The van der Waals surface area contributed by atoms with Crippen molar-refractivity contribution in [2.24, 2.45) is 11.3 Å². The lowest BCUT2D eigenvalue weighted by molar-refractivity contribution is 0.0940. The van der Waals surface area contributed by atoms with Gasteiger partial charge in [-0.2, -0.15) is 4.68 Å². The first-order valence-corrected chi connectivity index (χ1v) is 11.2. The molecule has 174 valence electrons. The zero-order valence-corrected chi connectivity index (χ0v) is 19.0. The van der Waals surface area contributed by atoms with Gasteiger partial charge in [0.2, 0.25) is 0 Å². The van der Waals surface area contributed by atoms with E-state index in [4.69, 9.17) is 14.2 Å². The molecule has 1 atom stereocenters. The average molecular weight is 454 g/mol. The average Bonchev–Trinajstić information content (AvgIpc) is 3.28. The second-order valence-electron chi connectivity index (χ2n) is 9.44. The van der Waals surface area contributed by atoms with Gasteiger partial charge < -0.3 is 19.5 Å². The molecule has 9 heteroatoms. The van der Waals surface area contributed by atoms with Gasteiger partial charge in [-0.3, -0.25) is 0 Å². The Labute approximate surface area is 192 Å². The quantitative estimate of drug-likeness (QED) is 0.584. The zero-order valence-electron chi connectivity index (χ0n) is 19.0. The summed E-state index contributed by atoms with van der Waals surface area (Å²) in [5.74, 6) is 2.57. The highest BCUT2D eigenvalue weighted by molar-refractivity contribution is 5.50. The highest BCUT2D eigenvalue weighted by atomic mass is 19.1. The van der Waals surface area contributed by atoms with Crippen LogP contribution in [0.1, 0.15) is 44.1 Å². The number of nitrogens with zero attached hydrogens (tertiary/aromatic N) is 4. The third-order valence-electron chi connectivity index (χ3n) is 6.32. The van der Waals surface area contributed by atoms with Gasteiger partial charge in [0.25, 0.3) is 0 Å². The van der Waals surface area contributed by atoms with Crippen molar-refractivity contribution in [1.29, 1.82) is 0 Å². The lowest BCUT2D eigenvalue weighted by Crippen LogP contribution is -2.40. The summed E-state index contributed by atoms with van der Waals surface area (Å²) >= 11 is 0. The van der Waals surface area contributed by atoms with E-state index in [-0.39, 0.29) is 5.82 Å². The Kier molecular flexibility index (Phi) is 5.65. The van der Waals surface area contributed by atoms with E-state index in [0.29, 0.717) is 47.6 Å². The first-order valence-electron chi connectivity index (χ1n) is 11.2. The number of hydrogen-bond donors (Lipinski definition) is 1. The summed E-state index contributed by atoms with van der Waals surface area (Å²) in [5.41, 5.74) is 1.89. The zero-order chi connectivity index (χ0) is 23.0. The number of benzene rings is 2. The van der Waals surface area contributed by atoms with Crippen molar-refractivity contribution in [3.05, 3.63) is 53.6 Å². The van der Waals surface area contributed by atoms with E-state index in [1.807, 2.05) is 18.2 Å². The topological polar surface area (TPSA) is 83.3 Å². The van der Waals surface area contributed by atoms with E-state index in [2.05, 4.69) is 34.7 Å². The lowest BCUT2D eigenvalue weighted by Gasteiger charge is -2.43. The van der Waals surface area contributed by atoms with Crippen molar-refractivity contribution in [3.63, 3.8) is 0 Å². The molecule has 5 rings (SSSR count). The maximum Gasteiger partial charge on any atom is 0.178 e. The Morgan fingerprint density at radius 2 is 1.94 bits per heavy atom. The Morgan fingerprint density at radius 3 is 2.70 bits per heavy atom. The monoisotopic (exact) mass is 453 g/mol. The van der Waals surface area contributed by atoms with E-state index < -0.39 is 6.04 Å². The molecule has 0 amide bonds. The van der Waals surface area contributed by atoms with Crippen LogP contribution in [0.25, 0.3) is 5.69 Å². The maximum atomic E-state index is 13.9. The fraction of sp³-hybridized carbons (Fsp3) is 0.458. The van der Waals surface area contributed by atoms with Gasteiger partial charge in [0.1, 0.15) is 24.8 Å². The molecule has 2 aliphatic rings. The van der Waals surface area contributed by atoms with Crippen LogP contribution >= 0.6 is 0 Å². The van der Waals surface area contributed by atoms with Gasteiger partial charge in [0.05, 0.1) is 18.8 Å². The fourth-order valence-electron chi connectivity index (χ4n) is 4.92. The predicted octanol–water partition coefficient (Wildman–Crippen LogP) is 3.70. The number of methoxy groups -OCH3 is 1. The van der Waals surface area contributed by atoms with Gasteiger partial charge in [0.15, 0.2) is 17.3 Å². The first-order chi connectivity index (χ1) is 15.9. The maximum absolute atomic E-state index is 13.9. The van der Waals surface area contributed by atoms with Crippen LogP contribution in [0.4, 0.5) is 4.39 Å². The summed E-state index contributed by atoms with van der Waals surface area (Å²) in [4.78, 5) is 0. The van der Waals surface area contributed by atoms with Crippen LogP contribution in [0, 0.1) is 17.2 Å². The highest BCUT2D eigenvalue weighted by Gasteiger charge is 2.36. The molecule has 1 N–H and O–H groups in total. The smallest absolute Gasteiger partial charge is 0.178 e. The second kappa shape index (κ2) is 8.62. The molecular formula is C24H28FN5O3. The molecule has 3 aromatic rings. The van der Waals surface area contributed by atoms with Crippen LogP contribution in [-0.4, -0.2) is 47.1 Å². The van der Waals surface area contributed by atoms with Crippen LogP contribution in [0.3, 0.4) is 0 Å². The van der Waals surface area contributed by atoms with Crippen LogP contribution < -0.4 is 19.5 Å². The molecule has 1 saturated carbocycles. The molecule has 33 heavy (non-hydrogen) atoms. The molecule has 0 saturated heterocycles. The molecule has 1 aromatic heterocycles. The number of aromatic nitrogens is 4. The van der Waals surface area contributed by atoms with Crippen molar-refractivity contribution in [2.75, 3.05) is 26.9 Å². The normalized spacial score (nSPS) is 17.9. The summed E-state index contributed by atoms with van der Waals surface area (Å²) in [5, 5.41) is 16.2. The lowest BCUT2D eigenvalue weighted by atomic mass is 9.64. The first kappa shape index (κ1) is 21.6. The molecule has 1 fully saturated rings. The predicted molar refractivity (Wildman–Crippen MR) is 119 cm³/mol. The molecule has 8 nitrogen and oxygen atoms in total. The van der Waals surface area contributed by atoms with Gasteiger partial charge >= 0.3 is 0 Å². The molecular weight excluding hydrogens is 425 g/mol. The van der Waals surface area contributed by atoms with Gasteiger partial charge in [-0.15, -0.1) is 5.10 Å². The Hall–Kier alpha value is -3.20. The minimum absolute atomic E-state index is 0.360. The van der Waals surface area contributed by atoms with Gasteiger partial charge in [0, 0.05) is 17.7 Å². The van der Waals surface area contributed by atoms with E-state index in [1.165, 1.54) is 19.2 Å². The van der Waals surface area contributed by atoms with Gasteiger partial charge in [-0.1, -0.05) is 19.9 Å². The Balaban J connectivity index is 1.50. The number of rotatable bonds is 7. The second-order valence-corrected chi connectivity index (χ2v) is 9.44. The fourth-order valence-corrected chi connectivity index (χ4v) is 4.92. The van der Waals surface area contributed by atoms with E-state index >= 15 is 0 Å². The molecule has 0 radical (unpaired) electrons. The summed E-state index contributed by atoms with van der Waals surface area (Å²) in [7, 11) is 1.54. The largest absolute Gasteiger partial charge is 0.496 e. The Morgan fingerprint density at radius 1 is 1.15 bits per heavy atom. The van der Waals surface area contributed by atoms with Gasteiger partial charge in [-0.25, -0.2) is 4.39 Å². The summed E-state index contributed by atoms with van der Waals surface area (Å²) in [6, 6.07) is 9.74. The molecule has 0 spiro atoms. The number of ether oxygens (including phenoxy) is 3. The SMILES string of the molecule is COc1cc(F)ccc1C(NCC1CC(C)(C)C1)c1nnnn1-c1ccc2c(c1)OCCO2. The molecule has 1 unspecified atom stereocenters. The number of halogens is 1. The van der Waals surface area contributed by atoms with Crippen LogP contribution in [-0.2, 0) is 0 Å². The number of fused-ring (bicyclic) bond motifs is 1. The molecule has 2 heterocycles. The summed E-state index contributed by atoms with van der Waals surface area (Å²) in [6.07, 6.45) is 2.31. The van der Waals surface area contributed by atoms with Crippen molar-refractivity contribution < 1.29 is 18.6 Å². The molecule has 0 bridgehead atoms. The van der Waals surface area contributed by atoms with Crippen molar-refractivity contribution in [2.45, 2.75) is 32.7 Å². The van der Waals surface area contributed by atoms with Gasteiger partial charge in [-0.05, 0) is 59.3 Å². The third kappa shape index (κ3) is 4.37. The molecule has 1 aliphatic carbocycles.